The van der Waals surface area contributed by atoms with Crippen molar-refractivity contribution in [2.24, 2.45) is 0 Å². The van der Waals surface area contributed by atoms with Crippen LogP contribution < -0.4 is 11.1 Å². The zero-order valence-corrected chi connectivity index (χ0v) is 10.5. The van der Waals surface area contributed by atoms with Gasteiger partial charge in [-0.05, 0) is 30.7 Å². The minimum absolute atomic E-state index is 0.166. The Morgan fingerprint density at radius 2 is 2.17 bits per heavy atom. The molecule has 0 unspecified atom stereocenters. The molecule has 1 aromatic heterocycles. The molecule has 0 radical (unpaired) electrons. The molecule has 4 heteroatoms. The molecular weight excluding hydrogens is 228 g/mol. The lowest BCUT2D eigenvalue weighted by molar-refractivity contribution is 0.0927. The van der Waals surface area contributed by atoms with Crippen LogP contribution in [0, 0.1) is 0 Å². The van der Waals surface area contributed by atoms with E-state index in [9.17, 15) is 4.79 Å². The van der Waals surface area contributed by atoms with E-state index in [-0.39, 0.29) is 5.91 Å². The maximum absolute atomic E-state index is 11.8. The summed E-state index contributed by atoms with van der Waals surface area (Å²) in [4.78, 5) is 11.8. The Balaban J connectivity index is 2.04. The number of hydrogen-bond acceptors (Lipinski definition) is 3. The Hall–Kier alpha value is -1.97. The Morgan fingerprint density at radius 1 is 1.33 bits per heavy atom. The molecule has 1 heterocycles. The molecule has 0 aliphatic heterocycles. The maximum atomic E-state index is 11.8. The number of carbonyl (C=O) groups is 1. The summed E-state index contributed by atoms with van der Waals surface area (Å²) in [5.41, 5.74) is 7.03. The van der Waals surface area contributed by atoms with E-state index in [0.29, 0.717) is 23.6 Å². The molecule has 0 spiro atoms. The van der Waals surface area contributed by atoms with Crippen LogP contribution in [0.5, 0.6) is 0 Å². The number of unbranched alkanes of at least 4 members (excludes halogenated alkanes) is 2. The summed E-state index contributed by atoms with van der Waals surface area (Å²) >= 11 is 0. The van der Waals surface area contributed by atoms with Crippen molar-refractivity contribution in [3.8, 4) is 0 Å². The van der Waals surface area contributed by atoms with Gasteiger partial charge in [0.15, 0.2) is 5.76 Å². The topological polar surface area (TPSA) is 68.3 Å². The highest BCUT2D eigenvalue weighted by Gasteiger charge is 2.11. The Morgan fingerprint density at radius 3 is 2.94 bits per heavy atom. The van der Waals surface area contributed by atoms with Crippen LogP contribution in [0.25, 0.3) is 11.0 Å². The van der Waals surface area contributed by atoms with Crippen LogP contribution in [0.2, 0.25) is 0 Å². The molecule has 18 heavy (non-hydrogen) atoms. The Bertz CT molecular complexity index is 546. The minimum atomic E-state index is -0.166. The zero-order valence-electron chi connectivity index (χ0n) is 10.5. The summed E-state index contributed by atoms with van der Waals surface area (Å²) in [6, 6.07) is 7.06. The molecule has 0 aliphatic rings. The molecule has 1 aromatic carbocycles. The highest BCUT2D eigenvalue weighted by atomic mass is 16.3. The van der Waals surface area contributed by atoms with Crippen LogP contribution >= 0.6 is 0 Å². The van der Waals surface area contributed by atoms with Crippen molar-refractivity contribution in [1.29, 1.82) is 0 Å². The first-order chi connectivity index (χ1) is 8.70. The largest absolute Gasteiger partial charge is 0.451 e. The van der Waals surface area contributed by atoms with Crippen molar-refractivity contribution in [3.63, 3.8) is 0 Å². The van der Waals surface area contributed by atoms with Gasteiger partial charge < -0.3 is 15.5 Å². The second-order valence-corrected chi connectivity index (χ2v) is 4.37. The summed E-state index contributed by atoms with van der Waals surface area (Å²) in [5, 5.41) is 3.70. The molecule has 2 aromatic rings. The van der Waals surface area contributed by atoms with Gasteiger partial charge in [0.2, 0.25) is 0 Å². The van der Waals surface area contributed by atoms with Crippen LogP contribution in [-0.2, 0) is 0 Å². The Labute approximate surface area is 106 Å². The first kappa shape index (κ1) is 12.5. The van der Waals surface area contributed by atoms with E-state index < -0.39 is 0 Å². The fourth-order valence-electron chi connectivity index (χ4n) is 1.84. The zero-order chi connectivity index (χ0) is 13.0. The molecule has 2 rings (SSSR count). The average Bonchev–Trinajstić information content (AvgIpc) is 2.77. The molecule has 1 amide bonds. The number of furan rings is 1. The summed E-state index contributed by atoms with van der Waals surface area (Å²) in [7, 11) is 0. The number of benzene rings is 1. The third-order valence-electron chi connectivity index (χ3n) is 2.83. The van der Waals surface area contributed by atoms with Crippen LogP contribution in [0.15, 0.2) is 28.7 Å². The monoisotopic (exact) mass is 246 g/mol. The summed E-state index contributed by atoms with van der Waals surface area (Å²) in [6.45, 7) is 2.82. The van der Waals surface area contributed by atoms with Gasteiger partial charge in [0.25, 0.3) is 5.91 Å². The van der Waals surface area contributed by atoms with E-state index in [0.717, 1.165) is 24.6 Å². The average molecular weight is 246 g/mol. The number of fused-ring (bicyclic) bond motifs is 1. The van der Waals surface area contributed by atoms with E-state index in [1.165, 1.54) is 0 Å². The van der Waals surface area contributed by atoms with Crippen molar-refractivity contribution in [3.05, 3.63) is 30.0 Å². The van der Waals surface area contributed by atoms with Crippen molar-refractivity contribution in [1.82, 2.24) is 5.32 Å². The first-order valence-corrected chi connectivity index (χ1v) is 6.28. The Kier molecular flexibility index (Phi) is 3.87. The van der Waals surface area contributed by atoms with Crippen LogP contribution in [-0.4, -0.2) is 12.5 Å². The molecule has 0 aliphatic carbocycles. The van der Waals surface area contributed by atoms with Gasteiger partial charge in [-0.15, -0.1) is 0 Å². The number of carbonyl (C=O) groups excluding carboxylic acids is 1. The molecule has 0 fully saturated rings. The van der Waals surface area contributed by atoms with E-state index in [1.54, 1.807) is 24.3 Å². The van der Waals surface area contributed by atoms with E-state index >= 15 is 0 Å². The summed E-state index contributed by atoms with van der Waals surface area (Å²) in [5.74, 6) is 0.174. The van der Waals surface area contributed by atoms with Crippen molar-refractivity contribution >= 4 is 22.6 Å². The highest BCUT2D eigenvalue weighted by molar-refractivity contribution is 5.96. The van der Waals surface area contributed by atoms with E-state index in [2.05, 4.69) is 12.2 Å². The fourth-order valence-corrected chi connectivity index (χ4v) is 1.84. The molecule has 0 saturated heterocycles. The number of anilines is 1. The van der Waals surface area contributed by atoms with Crippen LogP contribution in [0.3, 0.4) is 0 Å². The number of nitrogens with two attached hydrogens (primary N) is 1. The van der Waals surface area contributed by atoms with Gasteiger partial charge in [0.05, 0.1) is 0 Å². The SMILES string of the molecule is CCCCCNC(=O)c1cc2cc(N)ccc2o1. The van der Waals surface area contributed by atoms with Gasteiger partial charge in [0.1, 0.15) is 5.58 Å². The number of rotatable bonds is 5. The first-order valence-electron chi connectivity index (χ1n) is 6.28. The normalized spacial score (nSPS) is 10.7. The van der Waals surface area contributed by atoms with Crippen molar-refractivity contribution < 1.29 is 9.21 Å². The predicted octanol–water partition coefficient (Wildman–Crippen LogP) is 2.94. The highest BCUT2D eigenvalue weighted by Crippen LogP contribution is 2.21. The smallest absolute Gasteiger partial charge is 0.287 e. The molecule has 4 nitrogen and oxygen atoms in total. The van der Waals surface area contributed by atoms with Crippen molar-refractivity contribution in [2.45, 2.75) is 26.2 Å². The minimum Gasteiger partial charge on any atom is -0.451 e. The molecule has 0 saturated carbocycles. The molecule has 0 bridgehead atoms. The third-order valence-corrected chi connectivity index (χ3v) is 2.83. The summed E-state index contributed by atoms with van der Waals surface area (Å²) < 4.78 is 5.47. The predicted molar refractivity (Wildman–Crippen MR) is 72.5 cm³/mol. The van der Waals surface area contributed by atoms with Crippen LogP contribution in [0.1, 0.15) is 36.7 Å². The van der Waals surface area contributed by atoms with Crippen molar-refractivity contribution in [2.75, 3.05) is 12.3 Å². The lowest BCUT2D eigenvalue weighted by Crippen LogP contribution is -2.23. The summed E-state index contributed by atoms with van der Waals surface area (Å²) in [6.07, 6.45) is 3.26. The lowest BCUT2D eigenvalue weighted by atomic mass is 10.2. The lowest BCUT2D eigenvalue weighted by Gasteiger charge is -2.01. The third kappa shape index (κ3) is 2.83. The van der Waals surface area contributed by atoms with Gasteiger partial charge in [0, 0.05) is 17.6 Å². The molecule has 96 valence electrons. The van der Waals surface area contributed by atoms with Gasteiger partial charge in [-0.25, -0.2) is 0 Å². The quantitative estimate of drug-likeness (QED) is 0.629. The second kappa shape index (κ2) is 5.58. The van der Waals surface area contributed by atoms with Gasteiger partial charge in [-0.2, -0.15) is 0 Å². The molecule has 3 N–H and O–H groups in total. The number of amides is 1. The van der Waals surface area contributed by atoms with Crippen LogP contribution in [0.4, 0.5) is 5.69 Å². The standard InChI is InChI=1S/C14H18N2O2/c1-2-3-4-7-16-14(17)13-9-10-8-11(15)5-6-12(10)18-13/h5-6,8-9H,2-4,7,15H2,1H3,(H,16,17). The number of nitrogen functional groups attached to an aromatic ring is 1. The fraction of sp³-hybridized carbons (Fsp3) is 0.357. The molecule has 0 atom stereocenters. The second-order valence-electron chi connectivity index (χ2n) is 4.37. The molecular formula is C14H18N2O2. The van der Waals surface area contributed by atoms with Gasteiger partial charge in [-0.3, -0.25) is 4.79 Å². The maximum Gasteiger partial charge on any atom is 0.287 e. The number of nitrogens with one attached hydrogen (secondary N) is 1. The van der Waals surface area contributed by atoms with Gasteiger partial charge in [-0.1, -0.05) is 19.8 Å². The number of hydrogen-bond donors (Lipinski definition) is 2. The van der Waals surface area contributed by atoms with E-state index in [4.69, 9.17) is 10.2 Å². The van der Waals surface area contributed by atoms with Gasteiger partial charge >= 0.3 is 0 Å². The van der Waals surface area contributed by atoms with E-state index in [1.807, 2.05) is 0 Å².